The molecule has 1 aromatic heterocycles. The van der Waals surface area contributed by atoms with Crippen LogP contribution in [0.4, 0.5) is 5.69 Å². The molecule has 2 heterocycles. The quantitative estimate of drug-likeness (QED) is 0.769. The lowest BCUT2D eigenvalue weighted by Gasteiger charge is -2.31. The summed E-state index contributed by atoms with van der Waals surface area (Å²) in [5, 5.41) is 9.46. The van der Waals surface area contributed by atoms with Crippen molar-refractivity contribution in [2.75, 3.05) is 18.4 Å². The lowest BCUT2D eigenvalue weighted by molar-refractivity contribution is -0.114. The number of hydrogen-bond acceptors (Lipinski definition) is 4. The third-order valence-electron chi connectivity index (χ3n) is 4.52. The summed E-state index contributed by atoms with van der Waals surface area (Å²) in [5.74, 6) is -0.505. The number of nitrogens with zero attached hydrogens (tertiary/aromatic N) is 2. The maximum Gasteiger partial charge on any atom is 0.269 e. The second-order valence-electron chi connectivity index (χ2n) is 6.40. The molecule has 8 nitrogen and oxygen atoms in total. The van der Waals surface area contributed by atoms with Gasteiger partial charge in [0.05, 0.1) is 0 Å². The molecule has 0 saturated carbocycles. The van der Waals surface area contributed by atoms with Gasteiger partial charge in [0.1, 0.15) is 5.69 Å². The fraction of sp³-hybridized carbons (Fsp3) is 0.333. The van der Waals surface area contributed by atoms with Crippen LogP contribution in [0.5, 0.6) is 0 Å². The minimum Gasteiger partial charge on any atom is -0.364 e. The van der Waals surface area contributed by atoms with E-state index in [1.807, 2.05) is 4.90 Å². The van der Waals surface area contributed by atoms with E-state index in [-0.39, 0.29) is 23.4 Å². The Morgan fingerprint density at radius 1 is 1.19 bits per heavy atom. The molecule has 8 heteroatoms. The summed E-state index contributed by atoms with van der Waals surface area (Å²) in [6.45, 7) is 2.69. The Bertz CT molecular complexity index is 820. The lowest BCUT2D eigenvalue weighted by atomic mass is 9.93. The summed E-state index contributed by atoms with van der Waals surface area (Å²) >= 11 is 0. The highest BCUT2D eigenvalue weighted by Crippen LogP contribution is 2.28. The van der Waals surface area contributed by atoms with E-state index in [9.17, 15) is 14.4 Å². The number of benzene rings is 1. The number of rotatable bonds is 4. The van der Waals surface area contributed by atoms with E-state index in [4.69, 9.17) is 5.73 Å². The lowest BCUT2D eigenvalue weighted by Crippen LogP contribution is -2.38. The van der Waals surface area contributed by atoms with E-state index in [0.717, 1.165) is 18.5 Å². The van der Waals surface area contributed by atoms with Crippen LogP contribution in [0, 0.1) is 0 Å². The number of primary amides is 1. The molecule has 1 aromatic carbocycles. The van der Waals surface area contributed by atoms with Crippen molar-refractivity contribution < 1.29 is 14.4 Å². The zero-order valence-electron chi connectivity index (χ0n) is 14.5. The van der Waals surface area contributed by atoms with Gasteiger partial charge in [-0.15, -0.1) is 0 Å². The van der Waals surface area contributed by atoms with Gasteiger partial charge in [-0.1, -0.05) is 0 Å². The number of piperidine rings is 1. The second kappa shape index (κ2) is 7.38. The molecular formula is C18H21N5O3. The molecule has 1 aliphatic rings. The molecule has 3 amide bonds. The molecule has 0 bridgehead atoms. The summed E-state index contributed by atoms with van der Waals surface area (Å²) in [6.07, 6.45) is 1.58. The largest absolute Gasteiger partial charge is 0.364 e. The maximum absolute atomic E-state index is 12.6. The van der Waals surface area contributed by atoms with Crippen LogP contribution in [-0.2, 0) is 4.79 Å². The number of carbonyl (C=O) groups is 3. The predicted molar refractivity (Wildman–Crippen MR) is 95.7 cm³/mol. The fourth-order valence-corrected chi connectivity index (χ4v) is 3.15. The van der Waals surface area contributed by atoms with Gasteiger partial charge >= 0.3 is 0 Å². The fourth-order valence-electron chi connectivity index (χ4n) is 3.15. The number of nitrogens with one attached hydrogen (secondary N) is 2. The number of carbonyl (C=O) groups excluding carboxylic acids is 3. The molecule has 1 saturated heterocycles. The van der Waals surface area contributed by atoms with Crippen molar-refractivity contribution >= 4 is 23.4 Å². The van der Waals surface area contributed by atoms with Crippen LogP contribution in [0.1, 0.15) is 52.2 Å². The van der Waals surface area contributed by atoms with E-state index < -0.39 is 5.91 Å². The maximum atomic E-state index is 12.6. The first-order chi connectivity index (χ1) is 12.4. The van der Waals surface area contributed by atoms with Crippen molar-refractivity contribution in [3.8, 4) is 0 Å². The van der Waals surface area contributed by atoms with Crippen molar-refractivity contribution in [1.29, 1.82) is 0 Å². The number of aromatic amines is 1. The molecular weight excluding hydrogens is 334 g/mol. The summed E-state index contributed by atoms with van der Waals surface area (Å²) in [5.41, 5.74) is 7.59. The van der Waals surface area contributed by atoms with Gasteiger partial charge in [-0.05, 0) is 43.2 Å². The first kappa shape index (κ1) is 17.7. The Kier molecular flexibility index (Phi) is 5.01. The minimum atomic E-state index is -0.553. The van der Waals surface area contributed by atoms with Crippen LogP contribution in [0.15, 0.2) is 30.3 Å². The van der Waals surface area contributed by atoms with Crippen LogP contribution in [0.2, 0.25) is 0 Å². The van der Waals surface area contributed by atoms with Gasteiger partial charge in [-0.3, -0.25) is 19.5 Å². The molecule has 0 atom stereocenters. The zero-order valence-corrected chi connectivity index (χ0v) is 14.5. The minimum absolute atomic E-state index is 0.0275. The van der Waals surface area contributed by atoms with Gasteiger partial charge in [0.15, 0.2) is 0 Å². The summed E-state index contributed by atoms with van der Waals surface area (Å²) < 4.78 is 0. The summed E-state index contributed by atoms with van der Waals surface area (Å²) in [4.78, 5) is 36.6. The zero-order chi connectivity index (χ0) is 18.7. The van der Waals surface area contributed by atoms with Gasteiger partial charge in [0.2, 0.25) is 5.91 Å². The molecule has 0 aliphatic carbocycles. The van der Waals surface area contributed by atoms with Crippen LogP contribution < -0.4 is 11.1 Å². The summed E-state index contributed by atoms with van der Waals surface area (Å²) in [6, 6.07) is 8.56. The van der Waals surface area contributed by atoms with Crippen molar-refractivity contribution in [2.45, 2.75) is 25.7 Å². The third kappa shape index (κ3) is 3.90. The first-order valence-electron chi connectivity index (χ1n) is 8.46. The molecule has 0 unspecified atom stereocenters. The normalized spacial score (nSPS) is 14.9. The van der Waals surface area contributed by atoms with Crippen LogP contribution in [0.25, 0.3) is 0 Å². The molecule has 4 N–H and O–H groups in total. The molecule has 1 fully saturated rings. The number of hydrogen-bond donors (Lipinski definition) is 3. The molecule has 1 aliphatic heterocycles. The number of nitrogens with two attached hydrogens (primary N) is 1. The summed E-state index contributed by atoms with van der Waals surface area (Å²) in [7, 11) is 0. The SMILES string of the molecule is CC(=O)Nc1ccc(C(=O)N2CCC(c3cc(C(N)=O)n[nH]3)CC2)cc1. The number of amides is 3. The molecule has 0 radical (unpaired) electrons. The highest BCUT2D eigenvalue weighted by Gasteiger charge is 2.26. The van der Waals surface area contributed by atoms with Gasteiger partial charge < -0.3 is 16.0 Å². The highest BCUT2D eigenvalue weighted by atomic mass is 16.2. The molecule has 3 rings (SSSR count). The van der Waals surface area contributed by atoms with Crippen molar-refractivity contribution in [1.82, 2.24) is 15.1 Å². The Morgan fingerprint density at radius 3 is 2.38 bits per heavy atom. The van der Waals surface area contributed by atoms with E-state index >= 15 is 0 Å². The molecule has 136 valence electrons. The van der Waals surface area contributed by atoms with Gasteiger partial charge in [0, 0.05) is 42.9 Å². The van der Waals surface area contributed by atoms with E-state index in [2.05, 4.69) is 15.5 Å². The number of H-pyrrole nitrogens is 1. The Hall–Kier alpha value is -3.16. The Morgan fingerprint density at radius 2 is 1.85 bits per heavy atom. The van der Waals surface area contributed by atoms with Gasteiger partial charge in [-0.25, -0.2) is 0 Å². The average molecular weight is 355 g/mol. The van der Waals surface area contributed by atoms with E-state index in [1.165, 1.54) is 6.92 Å². The average Bonchev–Trinajstić information content (AvgIpc) is 3.12. The van der Waals surface area contributed by atoms with E-state index in [1.54, 1.807) is 30.3 Å². The van der Waals surface area contributed by atoms with Gasteiger partial charge in [0.25, 0.3) is 11.8 Å². The molecule has 2 aromatic rings. The predicted octanol–water partition coefficient (Wildman–Crippen LogP) is 1.49. The smallest absolute Gasteiger partial charge is 0.269 e. The second-order valence-corrected chi connectivity index (χ2v) is 6.40. The monoisotopic (exact) mass is 355 g/mol. The highest BCUT2D eigenvalue weighted by molar-refractivity contribution is 5.95. The van der Waals surface area contributed by atoms with Crippen LogP contribution >= 0.6 is 0 Å². The molecule has 0 spiro atoms. The topological polar surface area (TPSA) is 121 Å². The van der Waals surface area contributed by atoms with Crippen molar-refractivity contribution in [2.24, 2.45) is 5.73 Å². The Labute approximate surface area is 150 Å². The third-order valence-corrected chi connectivity index (χ3v) is 4.52. The van der Waals surface area contributed by atoms with Crippen molar-refractivity contribution in [3.63, 3.8) is 0 Å². The number of aromatic nitrogens is 2. The molecule has 26 heavy (non-hydrogen) atoms. The van der Waals surface area contributed by atoms with E-state index in [0.29, 0.717) is 24.3 Å². The standard InChI is InChI=1S/C18H21N5O3/c1-11(24)20-14-4-2-13(3-5-14)18(26)23-8-6-12(7-9-23)15-10-16(17(19)25)22-21-15/h2-5,10,12H,6-9H2,1H3,(H2,19,25)(H,20,24)(H,21,22). The number of likely N-dealkylation sites (tertiary alicyclic amines) is 1. The van der Waals surface area contributed by atoms with Gasteiger partial charge in [-0.2, -0.15) is 5.10 Å². The number of anilines is 1. The van der Waals surface area contributed by atoms with Crippen LogP contribution in [0.3, 0.4) is 0 Å². The first-order valence-corrected chi connectivity index (χ1v) is 8.46. The van der Waals surface area contributed by atoms with Crippen molar-refractivity contribution in [3.05, 3.63) is 47.3 Å². The Balaban J connectivity index is 1.59. The van der Waals surface area contributed by atoms with Crippen LogP contribution in [-0.4, -0.2) is 45.9 Å².